The molecule has 0 aromatic rings. The SMILES string of the molecule is C[C@@]12CCC[C@H]1[C@@H]1CCC3CC=C(O)C(O)(O)[C@]3(C)[C@H]1CC2. The van der Waals surface area contributed by atoms with Crippen LogP contribution in [0.5, 0.6) is 0 Å². The molecule has 3 nitrogen and oxygen atoms in total. The van der Waals surface area contributed by atoms with Crippen LogP contribution in [0, 0.1) is 34.5 Å². The van der Waals surface area contributed by atoms with E-state index in [-0.39, 0.29) is 11.7 Å². The first-order valence-electron chi connectivity index (χ1n) is 9.15. The number of allylic oxidation sites excluding steroid dienone is 1. The fraction of sp³-hybridized carbons (Fsp3) is 0.895. The van der Waals surface area contributed by atoms with Gasteiger partial charge in [0.15, 0.2) is 0 Å². The Morgan fingerprint density at radius 2 is 1.77 bits per heavy atom. The smallest absolute Gasteiger partial charge is 0.228 e. The Bertz CT molecular complexity index is 511. The fourth-order valence-corrected chi connectivity index (χ4v) is 7.00. The van der Waals surface area contributed by atoms with Crippen LogP contribution in [0.25, 0.3) is 0 Å². The van der Waals surface area contributed by atoms with Gasteiger partial charge in [0.1, 0.15) is 5.76 Å². The van der Waals surface area contributed by atoms with Gasteiger partial charge in [-0.2, -0.15) is 0 Å². The largest absolute Gasteiger partial charge is 0.507 e. The normalized spacial score (nSPS) is 53.2. The Kier molecular flexibility index (Phi) is 3.08. The zero-order valence-electron chi connectivity index (χ0n) is 13.9. The van der Waals surface area contributed by atoms with Crippen molar-refractivity contribution in [3.05, 3.63) is 11.8 Å². The molecule has 0 aliphatic heterocycles. The summed E-state index contributed by atoms with van der Waals surface area (Å²) in [7, 11) is 0. The first-order chi connectivity index (χ1) is 10.3. The van der Waals surface area contributed by atoms with Gasteiger partial charge in [-0.25, -0.2) is 0 Å². The summed E-state index contributed by atoms with van der Waals surface area (Å²) in [5, 5.41) is 31.7. The Morgan fingerprint density at radius 3 is 2.55 bits per heavy atom. The van der Waals surface area contributed by atoms with Gasteiger partial charge in [0.2, 0.25) is 5.79 Å². The molecule has 4 aliphatic carbocycles. The van der Waals surface area contributed by atoms with Crippen molar-refractivity contribution in [3.8, 4) is 0 Å². The van der Waals surface area contributed by atoms with Crippen molar-refractivity contribution in [2.75, 3.05) is 0 Å². The van der Waals surface area contributed by atoms with Crippen LogP contribution >= 0.6 is 0 Å². The molecule has 3 fully saturated rings. The van der Waals surface area contributed by atoms with Gasteiger partial charge in [-0.1, -0.05) is 20.3 Å². The second-order valence-electron chi connectivity index (χ2n) is 9.02. The van der Waals surface area contributed by atoms with Crippen LogP contribution in [0.4, 0.5) is 0 Å². The van der Waals surface area contributed by atoms with Gasteiger partial charge in [-0.05, 0) is 80.1 Å². The van der Waals surface area contributed by atoms with E-state index in [1.807, 2.05) is 6.92 Å². The van der Waals surface area contributed by atoms with Gasteiger partial charge < -0.3 is 15.3 Å². The number of aliphatic hydroxyl groups is 3. The minimum Gasteiger partial charge on any atom is -0.507 e. The summed E-state index contributed by atoms with van der Waals surface area (Å²) in [6, 6.07) is 0. The van der Waals surface area contributed by atoms with Crippen LogP contribution < -0.4 is 0 Å². The van der Waals surface area contributed by atoms with Crippen LogP contribution in [0.3, 0.4) is 0 Å². The molecule has 4 rings (SSSR count). The average molecular weight is 306 g/mol. The molecule has 3 heteroatoms. The molecule has 6 atom stereocenters. The zero-order valence-corrected chi connectivity index (χ0v) is 13.9. The first kappa shape index (κ1) is 15.0. The minimum atomic E-state index is -2.05. The highest BCUT2D eigenvalue weighted by Gasteiger charge is 2.65. The summed E-state index contributed by atoms with van der Waals surface area (Å²) >= 11 is 0. The number of rotatable bonds is 0. The lowest BCUT2D eigenvalue weighted by Crippen LogP contribution is -2.63. The molecular weight excluding hydrogens is 276 g/mol. The molecule has 0 aromatic carbocycles. The average Bonchev–Trinajstić information content (AvgIpc) is 2.86. The standard InChI is InChI=1S/C19H30O3/c1-17-10-3-4-14(17)13-7-5-12-6-8-16(20)19(21,22)18(12,2)15(13)9-11-17/h8,12-15,20-22H,3-7,9-11H2,1-2H3/t12?,13-,14-,15-,17-,18-/m0/s1. The van der Waals surface area contributed by atoms with Crippen molar-refractivity contribution in [2.24, 2.45) is 34.5 Å². The summed E-state index contributed by atoms with van der Waals surface area (Å²) in [4.78, 5) is 0. The maximum Gasteiger partial charge on any atom is 0.228 e. The van der Waals surface area contributed by atoms with Crippen molar-refractivity contribution in [2.45, 2.75) is 71.0 Å². The van der Waals surface area contributed by atoms with E-state index in [1.54, 1.807) is 6.08 Å². The van der Waals surface area contributed by atoms with E-state index in [9.17, 15) is 15.3 Å². The molecule has 0 saturated heterocycles. The topological polar surface area (TPSA) is 60.7 Å². The summed E-state index contributed by atoms with van der Waals surface area (Å²) in [6.45, 7) is 4.49. The lowest BCUT2D eigenvalue weighted by atomic mass is 9.44. The monoisotopic (exact) mass is 306 g/mol. The molecule has 0 amide bonds. The first-order valence-corrected chi connectivity index (χ1v) is 9.15. The van der Waals surface area contributed by atoms with E-state index in [1.165, 1.54) is 32.1 Å². The highest BCUT2D eigenvalue weighted by atomic mass is 16.5. The molecule has 124 valence electrons. The van der Waals surface area contributed by atoms with E-state index in [0.717, 1.165) is 25.2 Å². The Balaban J connectivity index is 1.75. The number of fused-ring (bicyclic) bond motifs is 5. The highest BCUT2D eigenvalue weighted by Crippen LogP contribution is 2.67. The molecule has 0 radical (unpaired) electrons. The Hall–Kier alpha value is -0.540. The van der Waals surface area contributed by atoms with Gasteiger partial charge in [-0.15, -0.1) is 0 Å². The maximum atomic E-state index is 10.8. The number of aliphatic hydroxyl groups excluding tert-OH is 1. The van der Waals surface area contributed by atoms with Gasteiger partial charge in [-0.3, -0.25) is 0 Å². The quantitative estimate of drug-likeness (QED) is 0.597. The minimum absolute atomic E-state index is 0.216. The third kappa shape index (κ3) is 1.65. The molecule has 0 aromatic heterocycles. The predicted molar refractivity (Wildman–Crippen MR) is 85.0 cm³/mol. The molecule has 3 N–H and O–H groups in total. The molecule has 22 heavy (non-hydrogen) atoms. The molecule has 1 unspecified atom stereocenters. The summed E-state index contributed by atoms with van der Waals surface area (Å²) < 4.78 is 0. The summed E-state index contributed by atoms with van der Waals surface area (Å²) in [5.74, 6) is -0.309. The van der Waals surface area contributed by atoms with Crippen LogP contribution in [0.15, 0.2) is 11.8 Å². The van der Waals surface area contributed by atoms with Crippen molar-refractivity contribution >= 4 is 0 Å². The van der Waals surface area contributed by atoms with Crippen LogP contribution in [0.2, 0.25) is 0 Å². The third-order valence-corrected chi connectivity index (χ3v) is 8.39. The van der Waals surface area contributed by atoms with Gasteiger partial charge in [0.25, 0.3) is 0 Å². The van der Waals surface area contributed by atoms with Crippen molar-refractivity contribution in [1.29, 1.82) is 0 Å². The van der Waals surface area contributed by atoms with Crippen LogP contribution in [-0.4, -0.2) is 21.1 Å². The number of hydrogen-bond acceptors (Lipinski definition) is 3. The lowest BCUT2D eigenvalue weighted by molar-refractivity contribution is -0.291. The highest BCUT2D eigenvalue weighted by molar-refractivity contribution is 5.21. The Morgan fingerprint density at radius 1 is 1.00 bits per heavy atom. The van der Waals surface area contributed by atoms with E-state index >= 15 is 0 Å². The van der Waals surface area contributed by atoms with Crippen molar-refractivity contribution in [1.82, 2.24) is 0 Å². The van der Waals surface area contributed by atoms with E-state index in [0.29, 0.717) is 17.3 Å². The van der Waals surface area contributed by atoms with Gasteiger partial charge >= 0.3 is 0 Å². The van der Waals surface area contributed by atoms with Gasteiger partial charge in [0.05, 0.1) is 0 Å². The van der Waals surface area contributed by atoms with Gasteiger partial charge in [0, 0.05) is 5.41 Å². The maximum absolute atomic E-state index is 10.8. The van der Waals surface area contributed by atoms with E-state index < -0.39 is 11.2 Å². The molecule has 3 saturated carbocycles. The predicted octanol–water partition coefficient (Wildman–Crippen LogP) is 3.76. The molecule has 4 aliphatic rings. The second kappa shape index (κ2) is 4.51. The summed E-state index contributed by atoms with van der Waals surface area (Å²) in [5.41, 5.74) is -0.122. The molecule has 0 heterocycles. The van der Waals surface area contributed by atoms with E-state index in [4.69, 9.17) is 0 Å². The molecule has 0 spiro atoms. The fourth-order valence-electron chi connectivity index (χ4n) is 7.00. The van der Waals surface area contributed by atoms with Crippen molar-refractivity contribution < 1.29 is 15.3 Å². The van der Waals surface area contributed by atoms with Crippen molar-refractivity contribution in [3.63, 3.8) is 0 Å². The molecule has 0 bridgehead atoms. The second-order valence-corrected chi connectivity index (χ2v) is 9.02. The van der Waals surface area contributed by atoms with Crippen LogP contribution in [0.1, 0.15) is 65.2 Å². The van der Waals surface area contributed by atoms with Crippen LogP contribution in [-0.2, 0) is 0 Å². The third-order valence-electron chi connectivity index (χ3n) is 8.39. The zero-order chi connectivity index (χ0) is 15.8. The lowest BCUT2D eigenvalue weighted by Gasteiger charge is -2.62. The number of hydrogen-bond donors (Lipinski definition) is 3. The Labute approximate surface area is 133 Å². The van der Waals surface area contributed by atoms with E-state index in [2.05, 4.69) is 6.92 Å². The summed E-state index contributed by atoms with van der Waals surface area (Å²) in [6.07, 6.45) is 11.0. The molecular formula is C19H30O3.